The van der Waals surface area contributed by atoms with Crippen molar-refractivity contribution < 1.29 is 19.4 Å². The molecule has 222 valence electrons. The summed E-state index contributed by atoms with van der Waals surface area (Å²) in [5.74, 6) is -0.114. The maximum absolute atomic E-state index is 12.8. The molecule has 4 aromatic carbocycles. The fourth-order valence-electron chi connectivity index (χ4n) is 4.69. The topological polar surface area (TPSA) is 101 Å². The highest BCUT2D eigenvalue weighted by Gasteiger charge is 2.22. The third-order valence-electron chi connectivity index (χ3n) is 7.36. The molecule has 0 aliphatic heterocycles. The van der Waals surface area contributed by atoms with Gasteiger partial charge in [0.15, 0.2) is 5.82 Å². The molecule has 1 unspecified atom stereocenters. The molecule has 1 aromatic heterocycles. The molecule has 5 rings (SSSR count). The molecule has 0 saturated carbocycles. The number of carboxylic acids is 1. The Morgan fingerprint density at radius 3 is 1.93 bits per heavy atom. The molecule has 44 heavy (non-hydrogen) atoms. The minimum Gasteiger partial charge on any atom is -0.489 e. The lowest BCUT2D eigenvalue weighted by Gasteiger charge is -2.19. The second-order valence-electron chi connectivity index (χ2n) is 11.7. The van der Waals surface area contributed by atoms with Gasteiger partial charge in [-0.25, -0.2) is 14.8 Å². The average molecular weight is 586 g/mol. The summed E-state index contributed by atoms with van der Waals surface area (Å²) in [5, 5.41) is 12.4. The monoisotopic (exact) mass is 585 g/mol. The van der Waals surface area contributed by atoms with E-state index in [1.807, 2.05) is 91.0 Å². The van der Waals surface area contributed by atoms with E-state index < -0.39 is 17.9 Å². The van der Waals surface area contributed by atoms with Crippen molar-refractivity contribution in [2.75, 3.05) is 0 Å². The summed E-state index contributed by atoms with van der Waals surface area (Å²) in [4.78, 5) is 33.8. The van der Waals surface area contributed by atoms with Crippen molar-refractivity contribution in [2.24, 2.45) is 0 Å². The zero-order valence-corrected chi connectivity index (χ0v) is 25.0. The molecule has 7 nitrogen and oxygen atoms in total. The van der Waals surface area contributed by atoms with Gasteiger partial charge in [-0.15, -0.1) is 0 Å². The second kappa shape index (κ2) is 13.3. The van der Waals surface area contributed by atoms with E-state index in [9.17, 15) is 14.7 Å². The first-order valence-electron chi connectivity index (χ1n) is 14.5. The number of benzene rings is 4. The number of nitrogens with zero attached hydrogens (tertiary/aromatic N) is 2. The summed E-state index contributed by atoms with van der Waals surface area (Å²) in [6, 6.07) is 31.4. The van der Waals surface area contributed by atoms with E-state index >= 15 is 0 Å². The predicted octanol–water partition coefficient (Wildman–Crippen LogP) is 7.11. The molecule has 0 aliphatic carbocycles. The maximum atomic E-state index is 12.8. The Morgan fingerprint density at radius 2 is 1.34 bits per heavy atom. The number of para-hydroxylation sites is 1. The van der Waals surface area contributed by atoms with Crippen molar-refractivity contribution in [3.63, 3.8) is 0 Å². The third kappa shape index (κ3) is 7.75. The number of hydrogen-bond acceptors (Lipinski definition) is 5. The second-order valence-corrected chi connectivity index (χ2v) is 11.7. The van der Waals surface area contributed by atoms with Crippen LogP contribution in [0, 0.1) is 0 Å². The van der Waals surface area contributed by atoms with Crippen molar-refractivity contribution in [2.45, 2.75) is 45.3 Å². The molecule has 7 heteroatoms. The fourth-order valence-corrected chi connectivity index (χ4v) is 4.69. The summed E-state index contributed by atoms with van der Waals surface area (Å²) >= 11 is 0. The van der Waals surface area contributed by atoms with E-state index in [1.54, 1.807) is 24.5 Å². The molecule has 0 aliphatic rings. The molecule has 0 fully saturated rings. The van der Waals surface area contributed by atoms with Crippen molar-refractivity contribution in [3.05, 3.63) is 138 Å². The molecule has 0 bridgehead atoms. The van der Waals surface area contributed by atoms with Gasteiger partial charge < -0.3 is 15.2 Å². The Kier molecular flexibility index (Phi) is 9.15. The van der Waals surface area contributed by atoms with Crippen LogP contribution >= 0.6 is 0 Å². The molecule has 0 spiro atoms. The number of carboxylic acid groups (broad SMARTS) is 1. The minimum absolute atomic E-state index is 0.0384. The highest BCUT2D eigenvalue weighted by molar-refractivity contribution is 5.96. The van der Waals surface area contributed by atoms with Gasteiger partial charge in [-0.3, -0.25) is 4.79 Å². The summed E-state index contributed by atoms with van der Waals surface area (Å²) in [7, 11) is 0. The highest BCUT2D eigenvalue weighted by Crippen LogP contribution is 2.24. The zero-order valence-electron chi connectivity index (χ0n) is 25.0. The number of carbonyl (C=O) groups is 2. The molecular weight excluding hydrogens is 550 g/mol. The smallest absolute Gasteiger partial charge is 0.326 e. The first-order chi connectivity index (χ1) is 21.2. The normalized spacial score (nSPS) is 11.9. The van der Waals surface area contributed by atoms with Crippen molar-refractivity contribution in [1.82, 2.24) is 15.3 Å². The summed E-state index contributed by atoms with van der Waals surface area (Å²) in [6.45, 7) is 6.78. The average Bonchev–Trinajstić information content (AvgIpc) is 3.04. The lowest BCUT2D eigenvalue weighted by atomic mass is 9.86. The Hall–Kier alpha value is -5.30. The van der Waals surface area contributed by atoms with Crippen LogP contribution in [-0.4, -0.2) is 33.0 Å². The van der Waals surface area contributed by atoms with Gasteiger partial charge in [0.2, 0.25) is 0 Å². The lowest BCUT2D eigenvalue weighted by Crippen LogP contribution is -2.42. The van der Waals surface area contributed by atoms with Gasteiger partial charge in [-0.05, 0) is 51.9 Å². The standard InChI is InChI=1S/C37H35N3O4/c1-37(2,3)31-19-17-29(18-20-31)35(41)40-33(36(42)43)21-25-9-15-28(16-10-25)34-38-22-30(23-39-34)27-13-11-26(12-14-27)24-44-32-7-5-4-6-8-32/h4-20,22-23,33H,21,24H2,1-3H3,(H,40,41)(H,42,43). The van der Waals surface area contributed by atoms with Gasteiger partial charge in [0, 0.05) is 35.5 Å². The first-order valence-corrected chi connectivity index (χ1v) is 14.5. The summed E-state index contributed by atoms with van der Waals surface area (Å²) in [5.41, 5.74) is 6.03. The van der Waals surface area contributed by atoms with Gasteiger partial charge in [0.25, 0.3) is 5.91 Å². The van der Waals surface area contributed by atoms with Crippen LogP contribution in [0.4, 0.5) is 0 Å². The van der Waals surface area contributed by atoms with E-state index in [2.05, 4.69) is 36.1 Å². The number of ether oxygens (including phenoxy) is 1. The number of amides is 1. The quantitative estimate of drug-likeness (QED) is 0.181. The number of aliphatic carboxylic acids is 1. The predicted molar refractivity (Wildman–Crippen MR) is 171 cm³/mol. The molecule has 5 aromatic rings. The molecule has 1 heterocycles. The number of rotatable bonds is 10. The van der Waals surface area contributed by atoms with Crippen LogP contribution < -0.4 is 10.1 Å². The molecule has 1 atom stereocenters. The van der Waals surface area contributed by atoms with Crippen LogP contribution in [0.25, 0.3) is 22.5 Å². The SMILES string of the molecule is CC(C)(C)c1ccc(C(=O)NC(Cc2ccc(-c3ncc(-c4ccc(COc5ccccc5)cc4)cn3)cc2)C(=O)O)cc1. The Balaban J connectivity index is 1.18. The van der Waals surface area contributed by atoms with Gasteiger partial charge in [-0.1, -0.05) is 99.6 Å². The van der Waals surface area contributed by atoms with Crippen LogP contribution in [0.15, 0.2) is 116 Å². The highest BCUT2D eigenvalue weighted by atomic mass is 16.5. The fraction of sp³-hybridized carbons (Fsp3) is 0.189. The van der Waals surface area contributed by atoms with Gasteiger partial charge in [0.05, 0.1) is 0 Å². The molecule has 2 N–H and O–H groups in total. The number of carbonyl (C=O) groups excluding carboxylic acids is 1. The number of nitrogens with one attached hydrogen (secondary N) is 1. The minimum atomic E-state index is -1.09. The largest absolute Gasteiger partial charge is 0.489 e. The Bertz CT molecular complexity index is 1690. The summed E-state index contributed by atoms with van der Waals surface area (Å²) < 4.78 is 5.82. The van der Waals surface area contributed by atoms with Gasteiger partial charge in [-0.2, -0.15) is 0 Å². The van der Waals surface area contributed by atoms with Crippen molar-refractivity contribution in [1.29, 1.82) is 0 Å². The number of aromatic nitrogens is 2. The third-order valence-corrected chi connectivity index (χ3v) is 7.36. The van der Waals surface area contributed by atoms with E-state index in [0.29, 0.717) is 18.0 Å². The Morgan fingerprint density at radius 1 is 0.750 bits per heavy atom. The van der Waals surface area contributed by atoms with Crippen LogP contribution in [0.1, 0.15) is 47.8 Å². The maximum Gasteiger partial charge on any atom is 0.326 e. The molecule has 0 saturated heterocycles. The van der Waals surface area contributed by atoms with E-state index in [1.165, 1.54) is 0 Å². The Labute approximate surface area is 257 Å². The molecular formula is C37H35N3O4. The van der Waals surface area contributed by atoms with E-state index in [-0.39, 0.29) is 11.8 Å². The van der Waals surface area contributed by atoms with Crippen LogP contribution in [0.3, 0.4) is 0 Å². The van der Waals surface area contributed by atoms with Crippen LogP contribution in [-0.2, 0) is 23.2 Å². The number of hydrogen-bond donors (Lipinski definition) is 2. The van der Waals surface area contributed by atoms with E-state index in [0.717, 1.165) is 39.1 Å². The lowest BCUT2D eigenvalue weighted by molar-refractivity contribution is -0.139. The van der Waals surface area contributed by atoms with Gasteiger partial charge in [0.1, 0.15) is 18.4 Å². The van der Waals surface area contributed by atoms with Crippen LogP contribution in [0.2, 0.25) is 0 Å². The molecule has 0 radical (unpaired) electrons. The first kappa shape index (κ1) is 30.2. The van der Waals surface area contributed by atoms with E-state index in [4.69, 9.17) is 4.74 Å². The van der Waals surface area contributed by atoms with Crippen molar-refractivity contribution in [3.8, 4) is 28.3 Å². The summed E-state index contributed by atoms with van der Waals surface area (Å²) in [6.07, 6.45) is 3.72. The zero-order chi connectivity index (χ0) is 31.1. The van der Waals surface area contributed by atoms with Crippen LogP contribution in [0.5, 0.6) is 5.75 Å². The molecule has 1 amide bonds. The van der Waals surface area contributed by atoms with Gasteiger partial charge >= 0.3 is 5.97 Å². The van der Waals surface area contributed by atoms with Crippen molar-refractivity contribution >= 4 is 11.9 Å².